The monoisotopic (exact) mass is 464 g/mol. The van der Waals surface area contributed by atoms with E-state index in [1.54, 1.807) is 30.5 Å². The Morgan fingerprint density at radius 1 is 0.833 bits per heavy atom. The van der Waals surface area contributed by atoms with Gasteiger partial charge in [-0.2, -0.15) is 0 Å². The van der Waals surface area contributed by atoms with Crippen molar-refractivity contribution in [3.63, 3.8) is 0 Å². The maximum absolute atomic E-state index is 11.4. The molecule has 0 spiro atoms. The van der Waals surface area contributed by atoms with E-state index in [0.29, 0.717) is 26.8 Å². The van der Waals surface area contributed by atoms with Crippen LogP contribution in [0, 0.1) is 0 Å². The highest BCUT2D eigenvalue weighted by Crippen LogP contribution is 2.24. The van der Waals surface area contributed by atoms with Gasteiger partial charge in [0.2, 0.25) is 0 Å². The number of H-pyrrole nitrogens is 1. The average molecular weight is 465 g/mol. The van der Waals surface area contributed by atoms with Gasteiger partial charge in [0.15, 0.2) is 25.1 Å². The SMILES string of the molecule is CS(=O)(=O)c1ccc2[nH]ccc(=O)c2c1.CS(=O)(=O)c1ccc2nccc(Cl)c2c1. The van der Waals surface area contributed by atoms with Gasteiger partial charge in [0.25, 0.3) is 0 Å². The number of hydrogen-bond donors (Lipinski definition) is 1. The van der Waals surface area contributed by atoms with Crippen LogP contribution in [0.1, 0.15) is 0 Å². The molecule has 2 aromatic heterocycles. The summed E-state index contributed by atoms with van der Waals surface area (Å²) in [5.74, 6) is 0. The summed E-state index contributed by atoms with van der Waals surface area (Å²) in [4.78, 5) is 18.8. The topological polar surface area (TPSA) is 114 Å². The van der Waals surface area contributed by atoms with E-state index in [-0.39, 0.29) is 15.2 Å². The maximum Gasteiger partial charge on any atom is 0.189 e. The summed E-state index contributed by atoms with van der Waals surface area (Å²) in [6, 6.07) is 12.2. The maximum atomic E-state index is 11.4. The van der Waals surface area contributed by atoms with Crippen LogP contribution < -0.4 is 5.43 Å². The second-order valence-corrected chi connectivity index (χ2v) is 11.0. The normalized spacial score (nSPS) is 11.8. The van der Waals surface area contributed by atoms with E-state index in [1.165, 1.54) is 36.7 Å². The summed E-state index contributed by atoms with van der Waals surface area (Å²) in [6.45, 7) is 0. The molecule has 2 aromatic carbocycles. The Bertz CT molecular complexity index is 1530. The summed E-state index contributed by atoms with van der Waals surface area (Å²) in [7, 11) is -6.46. The van der Waals surface area contributed by atoms with Crippen molar-refractivity contribution >= 4 is 53.1 Å². The second-order valence-electron chi connectivity index (χ2n) is 6.57. The highest BCUT2D eigenvalue weighted by Gasteiger charge is 2.10. The summed E-state index contributed by atoms with van der Waals surface area (Å²) >= 11 is 5.94. The van der Waals surface area contributed by atoms with Crippen LogP contribution in [0.5, 0.6) is 0 Å². The molecular formula is C20H17ClN2O5S2. The van der Waals surface area contributed by atoms with Gasteiger partial charge in [-0.1, -0.05) is 11.6 Å². The summed E-state index contributed by atoms with van der Waals surface area (Å²) in [5.41, 5.74) is 1.14. The quantitative estimate of drug-likeness (QED) is 0.487. The Hall–Kier alpha value is -2.75. The summed E-state index contributed by atoms with van der Waals surface area (Å²) in [6.07, 6.45) is 5.40. The van der Waals surface area contributed by atoms with Crippen molar-refractivity contribution in [3.8, 4) is 0 Å². The Kier molecular flexibility index (Phi) is 5.98. The Balaban J connectivity index is 0.000000171. The smallest absolute Gasteiger partial charge is 0.189 e. The van der Waals surface area contributed by atoms with E-state index < -0.39 is 19.7 Å². The Morgan fingerprint density at radius 3 is 2.07 bits per heavy atom. The van der Waals surface area contributed by atoms with Gasteiger partial charge in [0.05, 0.1) is 20.3 Å². The minimum Gasteiger partial charge on any atom is -0.361 e. The molecule has 156 valence electrons. The largest absolute Gasteiger partial charge is 0.361 e. The molecular weight excluding hydrogens is 448 g/mol. The number of halogens is 1. The number of pyridine rings is 2. The van der Waals surface area contributed by atoms with Crippen LogP contribution in [-0.4, -0.2) is 39.3 Å². The molecule has 0 radical (unpaired) electrons. The highest BCUT2D eigenvalue weighted by molar-refractivity contribution is 7.91. The van der Waals surface area contributed by atoms with Crippen LogP contribution in [-0.2, 0) is 19.7 Å². The molecule has 1 N–H and O–H groups in total. The predicted molar refractivity (Wildman–Crippen MR) is 118 cm³/mol. The Labute approximate surface area is 178 Å². The molecule has 0 aliphatic heterocycles. The van der Waals surface area contributed by atoms with Crippen LogP contribution in [0.15, 0.2) is 75.5 Å². The highest BCUT2D eigenvalue weighted by atomic mass is 35.5. The summed E-state index contributed by atoms with van der Waals surface area (Å²) in [5, 5.41) is 1.55. The molecule has 0 saturated heterocycles. The van der Waals surface area contributed by atoms with Gasteiger partial charge in [-0.3, -0.25) is 9.78 Å². The van der Waals surface area contributed by atoms with E-state index in [2.05, 4.69) is 9.97 Å². The number of hydrogen-bond acceptors (Lipinski definition) is 6. The number of benzene rings is 2. The lowest BCUT2D eigenvalue weighted by Crippen LogP contribution is -2.03. The van der Waals surface area contributed by atoms with Crippen molar-refractivity contribution in [2.75, 3.05) is 12.5 Å². The fourth-order valence-corrected chi connectivity index (χ4v) is 4.21. The van der Waals surface area contributed by atoms with Gasteiger partial charge in [0.1, 0.15) is 0 Å². The van der Waals surface area contributed by atoms with Crippen LogP contribution >= 0.6 is 11.6 Å². The van der Waals surface area contributed by atoms with E-state index >= 15 is 0 Å². The minimum absolute atomic E-state index is 0.159. The van der Waals surface area contributed by atoms with Gasteiger partial charge in [-0.05, 0) is 42.5 Å². The molecule has 0 aliphatic carbocycles. The van der Waals surface area contributed by atoms with Crippen molar-refractivity contribution in [1.82, 2.24) is 9.97 Å². The average Bonchev–Trinajstić information content (AvgIpc) is 2.67. The number of sulfone groups is 2. The lowest BCUT2D eigenvalue weighted by atomic mass is 10.2. The van der Waals surface area contributed by atoms with Gasteiger partial charge in [0, 0.05) is 47.3 Å². The van der Waals surface area contributed by atoms with E-state index in [0.717, 1.165) is 6.26 Å². The minimum atomic E-state index is -3.26. The second kappa shape index (κ2) is 8.17. The summed E-state index contributed by atoms with van der Waals surface area (Å²) < 4.78 is 45.2. The van der Waals surface area contributed by atoms with Gasteiger partial charge in [-0.15, -0.1) is 0 Å². The van der Waals surface area contributed by atoms with Gasteiger partial charge in [-0.25, -0.2) is 16.8 Å². The number of rotatable bonds is 2. The lowest BCUT2D eigenvalue weighted by Gasteiger charge is -2.02. The van der Waals surface area contributed by atoms with Gasteiger partial charge < -0.3 is 4.98 Å². The van der Waals surface area contributed by atoms with Crippen molar-refractivity contribution in [2.45, 2.75) is 9.79 Å². The fraction of sp³-hybridized carbons (Fsp3) is 0.100. The molecule has 0 atom stereocenters. The number of fused-ring (bicyclic) bond motifs is 2. The number of aromatic nitrogens is 2. The fourth-order valence-electron chi connectivity index (χ4n) is 2.70. The molecule has 10 heteroatoms. The molecule has 0 fully saturated rings. The zero-order chi connectivity index (χ0) is 22.1. The van der Waals surface area contributed by atoms with Crippen LogP contribution in [0.2, 0.25) is 5.02 Å². The number of nitrogens with one attached hydrogen (secondary N) is 1. The van der Waals surface area contributed by atoms with E-state index in [9.17, 15) is 21.6 Å². The molecule has 7 nitrogen and oxygen atoms in total. The zero-order valence-corrected chi connectivity index (χ0v) is 18.3. The molecule has 4 rings (SSSR count). The number of aromatic amines is 1. The molecule has 0 unspecified atom stereocenters. The first kappa shape index (κ1) is 21.9. The molecule has 0 saturated carbocycles. The van der Waals surface area contributed by atoms with Crippen molar-refractivity contribution in [3.05, 3.63) is 76.2 Å². The van der Waals surface area contributed by atoms with Crippen molar-refractivity contribution < 1.29 is 16.8 Å². The number of nitrogens with zero attached hydrogens (tertiary/aromatic N) is 1. The lowest BCUT2D eigenvalue weighted by molar-refractivity contribution is 0.600. The van der Waals surface area contributed by atoms with E-state index in [4.69, 9.17) is 11.6 Å². The molecule has 4 aromatic rings. The third-order valence-electron chi connectivity index (χ3n) is 4.25. The molecule has 0 amide bonds. The standard InChI is InChI=1S/C10H8ClNO2S.C10H9NO3S/c1-15(13,14)7-2-3-10-8(6-7)9(11)4-5-12-10;1-15(13,14)7-2-3-9-8(6-7)10(12)4-5-11-9/h2-6H,1H3;2-6H,1H3,(H,11,12). The third kappa shape index (κ3) is 4.86. The van der Waals surface area contributed by atoms with Crippen LogP contribution in [0.25, 0.3) is 21.8 Å². The van der Waals surface area contributed by atoms with E-state index in [1.807, 2.05) is 0 Å². The molecule has 30 heavy (non-hydrogen) atoms. The first-order valence-corrected chi connectivity index (χ1v) is 12.7. The Morgan fingerprint density at radius 2 is 1.43 bits per heavy atom. The first-order chi connectivity index (χ1) is 14.0. The van der Waals surface area contributed by atoms with Crippen molar-refractivity contribution in [1.29, 1.82) is 0 Å². The molecule has 0 aliphatic rings. The zero-order valence-electron chi connectivity index (χ0n) is 16.0. The molecule has 0 bridgehead atoms. The van der Waals surface area contributed by atoms with Gasteiger partial charge >= 0.3 is 0 Å². The molecule has 2 heterocycles. The third-order valence-corrected chi connectivity index (χ3v) is 6.80. The van der Waals surface area contributed by atoms with Crippen molar-refractivity contribution in [2.24, 2.45) is 0 Å². The first-order valence-electron chi connectivity index (χ1n) is 8.53. The van der Waals surface area contributed by atoms with Crippen LogP contribution in [0.3, 0.4) is 0 Å². The van der Waals surface area contributed by atoms with Crippen LogP contribution in [0.4, 0.5) is 0 Å². The predicted octanol–water partition coefficient (Wildman–Crippen LogP) is 3.22.